The lowest BCUT2D eigenvalue weighted by atomic mass is 9.88. The molecule has 0 saturated carbocycles. The van der Waals surface area contributed by atoms with E-state index in [2.05, 4.69) is 38.2 Å². The molecular weight excluding hydrogens is 258 g/mol. The number of rotatable bonds is 5. The van der Waals surface area contributed by atoms with Crippen LogP contribution in [-0.4, -0.2) is 19.8 Å². The van der Waals surface area contributed by atoms with Crippen molar-refractivity contribution in [2.45, 2.75) is 39.7 Å². The van der Waals surface area contributed by atoms with Gasteiger partial charge in [-0.05, 0) is 56.0 Å². The van der Waals surface area contributed by atoms with Crippen LogP contribution in [0, 0.1) is 19.8 Å². The lowest BCUT2D eigenvalue weighted by Crippen LogP contribution is -2.30. The van der Waals surface area contributed by atoms with Crippen LogP contribution < -0.4 is 5.32 Å². The highest BCUT2D eigenvalue weighted by molar-refractivity contribution is 6.31. The van der Waals surface area contributed by atoms with E-state index in [0.717, 1.165) is 43.2 Å². The van der Waals surface area contributed by atoms with Crippen molar-refractivity contribution in [3.8, 4) is 0 Å². The molecule has 3 heteroatoms. The molecule has 0 amide bonds. The van der Waals surface area contributed by atoms with Gasteiger partial charge in [-0.25, -0.2) is 0 Å². The van der Waals surface area contributed by atoms with Crippen molar-refractivity contribution in [2.24, 2.45) is 5.92 Å². The number of hydrogen-bond acceptors (Lipinski definition) is 2. The molecule has 19 heavy (non-hydrogen) atoms. The Hall–Kier alpha value is -0.570. The SMILES string of the molecule is CCCNC(c1cc(C)c(Cl)cc1C)C1CCOC1. The maximum Gasteiger partial charge on any atom is 0.0513 e. The predicted molar refractivity (Wildman–Crippen MR) is 80.9 cm³/mol. The van der Waals surface area contributed by atoms with E-state index in [1.54, 1.807) is 0 Å². The summed E-state index contributed by atoms with van der Waals surface area (Å²) >= 11 is 6.21. The molecule has 1 aromatic rings. The highest BCUT2D eigenvalue weighted by Crippen LogP contribution is 2.33. The van der Waals surface area contributed by atoms with Crippen molar-refractivity contribution in [1.82, 2.24) is 5.32 Å². The van der Waals surface area contributed by atoms with Gasteiger partial charge in [0.2, 0.25) is 0 Å². The number of halogens is 1. The number of nitrogens with one attached hydrogen (secondary N) is 1. The fourth-order valence-corrected chi connectivity index (χ4v) is 3.00. The van der Waals surface area contributed by atoms with Gasteiger partial charge in [-0.15, -0.1) is 0 Å². The molecule has 0 aromatic heterocycles. The molecule has 1 fully saturated rings. The van der Waals surface area contributed by atoms with Crippen molar-refractivity contribution in [3.63, 3.8) is 0 Å². The van der Waals surface area contributed by atoms with Crippen LogP contribution in [0.3, 0.4) is 0 Å². The van der Waals surface area contributed by atoms with E-state index in [9.17, 15) is 0 Å². The van der Waals surface area contributed by atoms with Gasteiger partial charge in [0.05, 0.1) is 6.61 Å². The van der Waals surface area contributed by atoms with Crippen molar-refractivity contribution in [2.75, 3.05) is 19.8 Å². The van der Waals surface area contributed by atoms with Crippen LogP contribution in [0.25, 0.3) is 0 Å². The van der Waals surface area contributed by atoms with E-state index < -0.39 is 0 Å². The largest absolute Gasteiger partial charge is 0.381 e. The minimum atomic E-state index is 0.387. The molecule has 2 atom stereocenters. The first-order valence-electron chi connectivity index (χ1n) is 7.21. The summed E-state index contributed by atoms with van der Waals surface area (Å²) in [7, 11) is 0. The van der Waals surface area contributed by atoms with Crippen LogP contribution in [0.2, 0.25) is 5.02 Å². The van der Waals surface area contributed by atoms with Crippen LogP contribution >= 0.6 is 11.6 Å². The second kappa shape index (κ2) is 6.74. The molecule has 0 aliphatic carbocycles. The van der Waals surface area contributed by atoms with Crippen LogP contribution in [0.5, 0.6) is 0 Å². The van der Waals surface area contributed by atoms with Crippen LogP contribution in [-0.2, 0) is 4.74 Å². The monoisotopic (exact) mass is 281 g/mol. The third-order valence-corrected chi connectivity index (χ3v) is 4.34. The lowest BCUT2D eigenvalue weighted by molar-refractivity contribution is 0.176. The van der Waals surface area contributed by atoms with Crippen molar-refractivity contribution < 1.29 is 4.74 Å². The normalized spacial score (nSPS) is 20.7. The molecule has 1 heterocycles. The van der Waals surface area contributed by atoms with Gasteiger partial charge >= 0.3 is 0 Å². The number of benzene rings is 1. The van der Waals surface area contributed by atoms with Gasteiger partial charge in [-0.3, -0.25) is 0 Å². The Bertz CT molecular complexity index is 427. The van der Waals surface area contributed by atoms with Gasteiger partial charge in [-0.2, -0.15) is 0 Å². The molecule has 1 saturated heterocycles. The van der Waals surface area contributed by atoms with Gasteiger partial charge in [0.1, 0.15) is 0 Å². The van der Waals surface area contributed by atoms with Gasteiger partial charge in [0, 0.05) is 23.6 Å². The zero-order valence-corrected chi connectivity index (χ0v) is 12.9. The van der Waals surface area contributed by atoms with Crippen LogP contribution in [0.15, 0.2) is 12.1 Å². The Balaban J connectivity index is 2.28. The zero-order valence-electron chi connectivity index (χ0n) is 12.1. The summed E-state index contributed by atoms with van der Waals surface area (Å²) in [5.74, 6) is 0.575. The first-order valence-corrected chi connectivity index (χ1v) is 7.59. The molecule has 106 valence electrons. The molecule has 1 aliphatic heterocycles. The molecule has 0 bridgehead atoms. The van der Waals surface area contributed by atoms with Gasteiger partial charge in [0.15, 0.2) is 0 Å². The Morgan fingerprint density at radius 2 is 2.16 bits per heavy atom. The minimum Gasteiger partial charge on any atom is -0.381 e. The Morgan fingerprint density at radius 3 is 2.79 bits per heavy atom. The fourth-order valence-electron chi connectivity index (χ4n) is 2.78. The molecule has 2 nitrogen and oxygen atoms in total. The van der Waals surface area contributed by atoms with Gasteiger partial charge < -0.3 is 10.1 Å². The average Bonchev–Trinajstić information content (AvgIpc) is 2.89. The molecule has 0 spiro atoms. The third kappa shape index (κ3) is 3.50. The van der Waals surface area contributed by atoms with E-state index in [1.807, 2.05) is 0 Å². The molecule has 0 radical (unpaired) electrons. The highest BCUT2D eigenvalue weighted by atomic mass is 35.5. The summed E-state index contributed by atoms with van der Waals surface area (Å²) in [5.41, 5.74) is 3.81. The first-order chi connectivity index (χ1) is 9.13. The summed E-state index contributed by atoms with van der Waals surface area (Å²) in [6.45, 7) is 9.23. The van der Waals surface area contributed by atoms with Crippen molar-refractivity contribution in [1.29, 1.82) is 0 Å². The summed E-state index contributed by atoms with van der Waals surface area (Å²) < 4.78 is 5.57. The number of hydrogen-bond donors (Lipinski definition) is 1. The Kier molecular flexibility index (Phi) is 5.26. The predicted octanol–water partition coefficient (Wildman–Crippen LogP) is 4.03. The summed E-state index contributed by atoms with van der Waals surface area (Å²) in [6, 6.07) is 4.71. The molecule has 2 unspecified atom stereocenters. The number of ether oxygens (including phenoxy) is 1. The van der Waals surface area contributed by atoms with Crippen molar-refractivity contribution in [3.05, 3.63) is 33.8 Å². The van der Waals surface area contributed by atoms with E-state index in [0.29, 0.717) is 12.0 Å². The van der Waals surface area contributed by atoms with Crippen LogP contribution in [0.1, 0.15) is 42.5 Å². The molecule has 1 aliphatic rings. The Labute approximate surface area is 121 Å². The van der Waals surface area contributed by atoms with E-state index in [4.69, 9.17) is 16.3 Å². The first kappa shape index (κ1) is 14.8. The van der Waals surface area contributed by atoms with E-state index >= 15 is 0 Å². The molecule has 1 aromatic carbocycles. The fraction of sp³-hybridized carbons (Fsp3) is 0.625. The second-order valence-electron chi connectivity index (χ2n) is 5.51. The zero-order chi connectivity index (χ0) is 13.8. The lowest BCUT2D eigenvalue weighted by Gasteiger charge is -2.26. The standard InChI is InChI=1S/C16H24ClNO/c1-4-6-18-16(13-5-7-19-10-13)14-8-12(3)15(17)9-11(14)2/h8-9,13,16,18H,4-7,10H2,1-3H3. The highest BCUT2D eigenvalue weighted by Gasteiger charge is 2.27. The minimum absolute atomic E-state index is 0.387. The molecular formula is C16H24ClNO. The second-order valence-corrected chi connectivity index (χ2v) is 5.92. The number of aryl methyl sites for hydroxylation is 2. The van der Waals surface area contributed by atoms with Crippen molar-refractivity contribution >= 4 is 11.6 Å². The molecule has 1 N–H and O–H groups in total. The maximum absolute atomic E-state index is 6.21. The maximum atomic E-state index is 6.21. The summed E-state index contributed by atoms with van der Waals surface area (Å²) in [4.78, 5) is 0. The summed E-state index contributed by atoms with van der Waals surface area (Å²) in [5, 5.41) is 4.55. The topological polar surface area (TPSA) is 21.3 Å². The van der Waals surface area contributed by atoms with E-state index in [1.165, 1.54) is 11.1 Å². The average molecular weight is 282 g/mol. The van der Waals surface area contributed by atoms with Gasteiger partial charge in [0.25, 0.3) is 0 Å². The quantitative estimate of drug-likeness (QED) is 0.880. The Morgan fingerprint density at radius 1 is 1.37 bits per heavy atom. The van der Waals surface area contributed by atoms with Gasteiger partial charge in [-0.1, -0.05) is 24.6 Å². The van der Waals surface area contributed by atoms with Crippen LogP contribution in [0.4, 0.5) is 0 Å². The third-order valence-electron chi connectivity index (χ3n) is 3.93. The van der Waals surface area contributed by atoms with E-state index in [-0.39, 0.29) is 0 Å². The summed E-state index contributed by atoms with van der Waals surface area (Å²) in [6.07, 6.45) is 2.29. The molecule has 2 rings (SSSR count). The smallest absolute Gasteiger partial charge is 0.0513 e.